The fourth-order valence-electron chi connectivity index (χ4n) is 4.13. The van der Waals surface area contributed by atoms with Crippen molar-refractivity contribution in [1.29, 1.82) is 0 Å². The Kier molecular flexibility index (Phi) is 4.26. The van der Waals surface area contributed by atoms with Gasteiger partial charge >= 0.3 is 0 Å². The molecule has 4 rings (SSSR count). The maximum absolute atomic E-state index is 10.4. The van der Waals surface area contributed by atoms with E-state index in [1.807, 2.05) is 6.07 Å². The summed E-state index contributed by atoms with van der Waals surface area (Å²) < 4.78 is 0. The molecule has 122 valence electrons. The summed E-state index contributed by atoms with van der Waals surface area (Å²) in [6.07, 6.45) is 3.13. The van der Waals surface area contributed by atoms with Crippen LogP contribution in [0, 0.1) is 0 Å². The van der Waals surface area contributed by atoms with E-state index in [1.165, 1.54) is 11.1 Å². The Bertz CT molecular complexity index is 744. The van der Waals surface area contributed by atoms with Crippen molar-refractivity contribution in [2.75, 3.05) is 13.1 Å². The lowest BCUT2D eigenvalue weighted by Gasteiger charge is -2.41. The Balaban J connectivity index is 0.00000156. The predicted molar refractivity (Wildman–Crippen MR) is 87.2 cm³/mol. The summed E-state index contributed by atoms with van der Waals surface area (Å²) >= 11 is 0. The smallest absolute Gasteiger partial charge is 0.165 e. The predicted octanol–water partition coefficient (Wildman–Crippen LogP) is 0.634. The van der Waals surface area contributed by atoms with E-state index in [1.54, 1.807) is 6.07 Å². The molecule has 0 aromatic heterocycles. The lowest BCUT2D eigenvalue weighted by Crippen LogP contribution is -3.00. The molecule has 0 saturated heterocycles. The van der Waals surface area contributed by atoms with Gasteiger partial charge in [0.05, 0.1) is 0 Å². The number of hydrogen-bond acceptors (Lipinski definition) is 3. The van der Waals surface area contributed by atoms with E-state index >= 15 is 0 Å². The van der Waals surface area contributed by atoms with E-state index in [-0.39, 0.29) is 23.9 Å². The highest BCUT2D eigenvalue weighted by Gasteiger charge is 2.35. The van der Waals surface area contributed by atoms with Crippen molar-refractivity contribution in [3.63, 3.8) is 0 Å². The summed E-state index contributed by atoms with van der Waals surface area (Å²) in [6.45, 7) is 4.44. The second-order valence-electron chi connectivity index (χ2n) is 6.35. The third-order valence-electron chi connectivity index (χ3n) is 5.08. The van der Waals surface area contributed by atoms with Crippen LogP contribution in [-0.2, 0) is 12.8 Å². The number of phenolic OH excluding ortho intramolecular Hbond substituents is 2. The van der Waals surface area contributed by atoms with Crippen LogP contribution in [0.3, 0.4) is 0 Å². The molecule has 0 amide bonds. The minimum Gasteiger partial charge on any atom is -1.00 e. The van der Waals surface area contributed by atoms with Crippen LogP contribution in [-0.4, -0.2) is 28.2 Å². The third-order valence-corrected chi connectivity index (χ3v) is 5.08. The zero-order valence-electron chi connectivity index (χ0n) is 13.2. The zero-order valence-corrected chi connectivity index (χ0v) is 14.0. The molecule has 1 aliphatic carbocycles. The van der Waals surface area contributed by atoms with Gasteiger partial charge in [-0.15, -0.1) is 0 Å². The van der Waals surface area contributed by atoms with Crippen LogP contribution in [0.4, 0.5) is 0 Å². The van der Waals surface area contributed by atoms with Crippen LogP contribution in [0.25, 0.3) is 11.1 Å². The van der Waals surface area contributed by atoms with Crippen LogP contribution >= 0.6 is 0 Å². The quantitative estimate of drug-likeness (QED) is 0.794. The van der Waals surface area contributed by atoms with Gasteiger partial charge in [-0.2, -0.15) is 0 Å². The largest absolute Gasteiger partial charge is 1.00 e. The molecule has 1 atom stereocenters. The molecule has 2 aliphatic rings. The van der Waals surface area contributed by atoms with E-state index in [0.29, 0.717) is 6.04 Å². The highest BCUT2D eigenvalue weighted by atomic mass is 35.5. The Hall–Kier alpha value is -1.71. The van der Waals surface area contributed by atoms with Crippen LogP contribution in [0.5, 0.6) is 11.5 Å². The van der Waals surface area contributed by atoms with Crippen molar-refractivity contribution in [2.24, 2.45) is 0 Å². The molecular weight excluding hydrogens is 310 g/mol. The van der Waals surface area contributed by atoms with Crippen molar-refractivity contribution in [1.82, 2.24) is 4.90 Å². The van der Waals surface area contributed by atoms with Crippen molar-refractivity contribution >= 4 is 0 Å². The highest BCUT2D eigenvalue weighted by Crippen LogP contribution is 2.50. The number of hydrogen-bond donors (Lipinski definition) is 2. The fourth-order valence-corrected chi connectivity index (χ4v) is 4.13. The lowest BCUT2D eigenvalue weighted by atomic mass is 9.76. The molecule has 0 saturated carbocycles. The van der Waals surface area contributed by atoms with Gasteiger partial charge in [0.1, 0.15) is 0 Å². The average Bonchev–Trinajstić information content (AvgIpc) is 2.53. The monoisotopic (exact) mass is 330 g/mol. The van der Waals surface area contributed by atoms with Gasteiger partial charge in [0, 0.05) is 18.2 Å². The summed E-state index contributed by atoms with van der Waals surface area (Å²) in [5, 5.41) is 20.2. The summed E-state index contributed by atoms with van der Waals surface area (Å²) in [7, 11) is 0. The minimum atomic E-state index is -0.0315. The SMILES string of the molecule is CCCN1CCc2cccc3c2C1Cc1ccc(O)c(O)c1-3.[Cl-]. The number of rotatable bonds is 2. The van der Waals surface area contributed by atoms with Gasteiger partial charge in [-0.25, -0.2) is 0 Å². The number of fused-ring (bicyclic) bond motifs is 2. The first-order valence-corrected chi connectivity index (χ1v) is 8.10. The first kappa shape index (κ1) is 16.2. The van der Waals surface area contributed by atoms with Gasteiger partial charge < -0.3 is 22.6 Å². The summed E-state index contributed by atoms with van der Waals surface area (Å²) in [5.41, 5.74) is 5.80. The molecule has 2 N–H and O–H groups in total. The van der Waals surface area contributed by atoms with Gasteiger partial charge in [0.2, 0.25) is 0 Å². The van der Waals surface area contributed by atoms with Crippen LogP contribution in [0.2, 0.25) is 0 Å². The highest BCUT2D eigenvalue weighted by molar-refractivity contribution is 5.82. The van der Waals surface area contributed by atoms with E-state index in [9.17, 15) is 10.2 Å². The second-order valence-corrected chi connectivity index (χ2v) is 6.35. The van der Waals surface area contributed by atoms with Gasteiger partial charge in [-0.3, -0.25) is 4.90 Å². The van der Waals surface area contributed by atoms with Gasteiger partial charge in [-0.1, -0.05) is 31.2 Å². The minimum absolute atomic E-state index is 0. The van der Waals surface area contributed by atoms with Crippen LogP contribution in [0.15, 0.2) is 30.3 Å². The third kappa shape index (κ3) is 2.39. The summed E-state index contributed by atoms with van der Waals surface area (Å²) in [6, 6.07) is 10.3. The molecule has 2 aromatic carbocycles. The second kappa shape index (κ2) is 6.06. The molecule has 23 heavy (non-hydrogen) atoms. The maximum atomic E-state index is 10.4. The molecule has 1 unspecified atom stereocenters. The van der Waals surface area contributed by atoms with Crippen molar-refractivity contribution in [3.8, 4) is 22.6 Å². The number of halogens is 1. The maximum Gasteiger partial charge on any atom is 0.165 e. The Morgan fingerprint density at radius 3 is 2.74 bits per heavy atom. The molecular formula is C19H21ClNO2-. The van der Waals surface area contributed by atoms with Crippen molar-refractivity contribution in [2.45, 2.75) is 32.2 Å². The Morgan fingerprint density at radius 1 is 1.13 bits per heavy atom. The molecule has 2 aromatic rings. The first-order valence-electron chi connectivity index (χ1n) is 8.10. The van der Waals surface area contributed by atoms with Gasteiger partial charge in [-0.05, 0) is 54.1 Å². The number of benzene rings is 2. The summed E-state index contributed by atoms with van der Waals surface area (Å²) in [5.74, 6) is -0.00649. The van der Waals surface area contributed by atoms with E-state index in [2.05, 4.69) is 30.0 Å². The number of aromatic hydroxyl groups is 2. The first-order chi connectivity index (χ1) is 10.7. The summed E-state index contributed by atoms with van der Waals surface area (Å²) in [4.78, 5) is 2.57. The molecule has 1 aliphatic heterocycles. The topological polar surface area (TPSA) is 43.7 Å². The Morgan fingerprint density at radius 2 is 1.96 bits per heavy atom. The van der Waals surface area contributed by atoms with Gasteiger partial charge in [0.15, 0.2) is 11.5 Å². The van der Waals surface area contributed by atoms with E-state index in [4.69, 9.17) is 0 Å². The van der Waals surface area contributed by atoms with Crippen LogP contribution in [0.1, 0.15) is 36.1 Å². The molecule has 0 fully saturated rings. The number of nitrogens with zero attached hydrogens (tertiary/aromatic N) is 1. The standard InChI is InChI=1S/C19H21NO2.ClH/c1-2-9-20-10-8-12-4-3-5-14-17(12)15(20)11-13-6-7-16(21)19(22)18(13)14;/h3-7,15,21-22H,2,8-11H2,1H3;1H/p-1. The molecule has 3 nitrogen and oxygen atoms in total. The number of phenols is 2. The molecule has 4 heteroatoms. The molecule has 0 radical (unpaired) electrons. The average molecular weight is 331 g/mol. The lowest BCUT2D eigenvalue weighted by molar-refractivity contribution is -0.00000621. The van der Waals surface area contributed by atoms with Crippen molar-refractivity contribution < 1.29 is 22.6 Å². The normalized spacial score (nSPS) is 18.7. The van der Waals surface area contributed by atoms with Gasteiger partial charge in [0.25, 0.3) is 0 Å². The zero-order chi connectivity index (χ0) is 15.3. The molecule has 0 spiro atoms. The molecule has 0 bridgehead atoms. The van der Waals surface area contributed by atoms with Crippen molar-refractivity contribution in [3.05, 3.63) is 47.0 Å². The van der Waals surface area contributed by atoms with Crippen LogP contribution < -0.4 is 12.4 Å². The fraction of sp³-hybridized carbons (Fsp3) is 0.368. The Labute approximate surface area is 143 Å². The molecule has 1 heterocycles. The van der Waals surface area contributed by atoms with E-state index < -0.39 is 0 Å². The van der Waals surface area contributed by atoms with E-state index in [0.717, 1.165) is 49.0 Å².